The average Bonchev–Trinajstić information content (AvgIpc) is 2.72. The molecule has 2 aromatic rings. The van der Waals surface area contributed by atoms with E-state index in [0.717, 1.165) is 36.0 Å². The van der Waals surface area contributed by atoms with Crippen LogP contribution < -0.4 is 5.32 Å². The number of aryl methyl sites for hydroxylation is 1. The van der Waals surface area contributed by atoms with E-state index in [4.69, 9.17) is 0 Å². The zero-order valence-electron chi connectivity index (χ0n) is 12.3. The minimum absolute atomic E-state index is 0.127. The number of fused-ring (bicyclic) bond motifs is 1. The van der Waals surface area contributed by atoms with Crippen molar-refractivity contribution >= 4 is 23.0 Å². The molecule has 1 spiro atoms. The SMILES string of the molecule is Cc1nc2ccccc2nc1CN1C(=O)NC2(CCC2)C1=O. The predicted molar refractivity (Wildman–Crippen MR) is 79.9 cm³/mol. The number of imide groups is 1. The molecule has 4 rings (SSSR count). The quantitative estimate of drug-likeness (QED) is 0.859. The number of amides is 3. The lowest BCUT2D eigenvalue weighted by Gasteiger charge is -2.34. The molecule has 2 heterocycles. The van der Waals surface area contributed by atoms with Crippen LogP contribution in [0.25, 0.3) is 11.0 Å². The molecular formula is C16H16N4O2. The Morgan fingerprint density at radius 2 is 1.86 bits per heavy atom. The Morgan fingerprint density at radius 3 is 2.45 bits per heavy atom. The number of benzene rings is 1. The van der Waals surface area contributed by atoms with Gasteiger partial charge in [-0.3, -0.25) is 9.69 Å². The number of aromatic nitrogens is 2. The van der Waals surface area contributed by atoms with E-state index in [1.54, 1.807) is 0 Å². The second-order valence-corrected chi connectivity index (χ2v) is 6.00. The number of rotatable bonds is 2. The number of hydrogen-bond donors (Lipinski definition) is 1. The third-order valence-electron chi connectivity index (χ3n) is 4.60. The maximum Gasteiger partial charge on any atom is 0.325 e. The highest BCUT2D eigenvalue weighted by molar-refractivity contribution is 6.07. The van der Waals surface area contributed by atoms with Gasteiger partial charge in [0.25, 0.3) is 5.91 Å². The van der Waals surface area contributed by atoms with Gasteiger partial charge in [-0.2, -0.15) is 0 Å². The highest BCUT2D eigenvalue weighted by atomic mass is 16.2. The Bertz CT molecular complexity index is 798. The molecule has 0 radical (unpaired) electrons. The van der Waals surface area contributed by atoms with Gasteiger partial charge in [-0.1, -0.05) is 12.1 Å². The Kier molecular flexibility index (Phi) is 2.69. The highest BCUT2D eigenvalue weighted by Crippen LogP contribution is 2.37. The van der Waals surface area contributed by atoms with Crippen molar-refractivity contribution in [2.24, 2.45) is 0 Å². The predicted octanol–water partition coefficient (Wildman–Crippen LogP) is 1.91. The van der Waals surface area contributed by atoms with Crippen LogP contribution in [0, 0.1) is 6.92 Å². The third-order valence-corrected chi connectivity index (χ3v) is 4.60. The molecule has 6 heteroatoms. The largest absolute Gasteiger partial charge is 0.325 e. The number of nitrogens with one attached hydrogen (secondary N) is 1. The summed E-state index contributed by atoms with van der Waals surface area (Å²) in [7, 11) is 0. The fourth-order valence-corrected chi connectivity index (χ4v) is 3.11. The lowest BCUT2D eigenvalue weighted by Crippen LogP contribution is -2.52. The van der Waals surface area contributed by atoms with Crippen molar-refractivity contribution in [2.45, 2.75) is 38.3 Å². The minimum Gasteiger partial charge on any atom is -0.323 e. The molecule has 1 aromatic heterocycles. The molecule has 22 heavy (non-hydrogen) atoms. The van der Waals surface area contributed by atoms with E-state index >= 15 is 0 Å². The van der Waals surface area contributed by atoms with Crippen LogP contribution in [0.3, 0.4) is 0 Å². The van der Waals surface area contributed by atoms with Crippen LogP contribution in [0.5, 0.6) is 0 Å². The average molecular weight is 296 g/mol. The highest BCUT2D eigenvalue weighted by Gasteiger charge is 2.54. The fourth-order valence-electron chi connectivity index (χ4n) is 3.11. The van der Waals surface area contributed by atoms with Gasteiger partial charge in [-0.25, -0.2) is 14.8 Å². The summed E-state index contributed by atoms with van der Waals surface area (Å²) in [6.07, 6.45) is 2.45. The summed E-state index contributed by atoms with van der Waals surface area (Å²) in [4.78, 5) is 34.9. The summed E-state index contributed by atoms with van der Waals surface area (Å²) in [6, 6.07) is 7.26. The van der Waals surface area contributed by atoms with E-state index < -0.39 is 5.54 Å². The molecule has 2 aliphatic rings. The molecule has 2 fully saturated rings. The van der Waals surface area contributed by atoms with E-state index in [1.807, 2.05) is 31.2 Å². The molecule has 0 atom stereocenters. The van der Waals surface area contributed by atoms with E-state index in [1.165, 1.54) is 4.90 Å². The second-order valence-electron chi connectivity index (χ2n) is 6.00. The molecule has 1 aromatic carbocycles. The van der Waals surface area contributed by atoms with E-state index in [9.17, 15) is 9.59 Å². The Morgan fingerprint density at radius 1 is 1.18 bits per heavy atom. The van der Waals surface area contributed by atoms with E-state index in [2.05, 4.69) is 15.3 Å². The zero-order valence-corrected chi connectivity index (χ0v) is 12.3. The number of urea groups is 1. The first-order valence-electron chi connectivity index (χ1n) is 7.45. The molecule has 1 aliphatic carbocycles. The smallest absolute Gasteiger partial charge is 0.323 e. The van der Waals surface area contributed by atoms with Crippen molar-refractivity contribution in [3.05, 3.63) is 35.7 Å². The van der Waals surface area contributed by atoms with Crippen LogP contribution in [0.15, 0.2) is 24.3 Å². The normalized spacial score (nSPS) is 19.6. The van der Waals surface area contributed by atoms with Crippen LogP contribution >= 0.6 is 0 Å². The van der Waals surface area contributed by atoms with Crippen molar-refractivity contribution in [1.82, 2.24) is 20.2 Å². The number of hydrogen-bond acceptors (Lipinski definition) is 4. The molecule has 1 aliphatic heterocycles. The maximum absolute atomic E-state index is 12.5. The van der Waals surface area contributed by atoms with Gasteiger partial charge in [0.15, 0.2) is 0 Å². The van der Waals surface area contributed by atoms with Gasteiger partial charge in [-0.15, -0.1) is 0 Å². The summed E-state index contributed by atoms with van der Waals surface area (Å²) in [5.74, 6) is -0.127. The Balaban J connectivity index is 1.67. The van der Waals surface area contributed by atoms with Crippen molar-refractivity contribution in [3.8, 4) is 0 Å². The minimum atomic E-state index is -0.644. The summed E-state index contributed by atoms with van der Waals surface area (Å²) >= 11 is 0. The summed E-state index contributed by atoms with van der Waals surface area (Å²) in [5.41, 5.74) is 2.35. The summed E-state index contributed by atoms with van der Waals surface area (Å²) in [6.45, 7) is 2.03. The molecule has 6 nitrogen and oxygen atoms in total. The number of nitrogens with zero attached hydrogens (tertiary/aromatic N) is 3. The first-order chi connectivity index (χ1) is 10.6. The number of para-hydroxylation sites is 2. The lowest BCUT2D eigenvalue weighted by atomic mass is 9.77. The molecule has 1 saturated heterocycles. The number of carbonyl (C=O) groups is 2. The second kappa shape index (κ2) is 4.50. The van der Waals surface area contributed by atoms with Crippen LogP contribution in [-0.4, -0.2) is 32.3 Å². The molecule has 0 unspecified atom stereocenters. The van der Waals surface area contributed by atoms with E-state index in [-0.39, 0.29) is 18.5 Å². The van der Waals surface area contributed by atoms with Crippen molar-refractivity contribution in [3.63, 3.8) is 0 Å². The summed E-state index contributed by atoms with van der Waals surface area (Å²) < 4.78 is 0. The van der Waals surface area contributed by atoms with Gasteiger partial charge in [-0.05, 0) is 38.3 Å². The number of carbonyl (C=O) groups excluding carboxylic acids is 2. The van der Waals surface area contributed by atoms with Crippen LogP contribution in [0.1, 0.15) is 30.7 Å². The van der Waals surface area contributed by atoms with Gasteiger partial charge >= 0.3 is 6.03 Å². The van der Waals surface area contributed by atoms with Crippen molar-refractivity contribution in [1.29, 1.82) is 0 Å². The first-order valence-corrected chi connectivity index (χ1v) is 7.45. The molecule has 0 bridgehead atoms. The molecular weight excluding hydrogens is 280 g/mol. The Labute approximate surface area is 127 Å². The lowest BCUT2D eigenvalue weighted by molar-refractivity contribution is -0.134. The standard InChI is InChI=1S/C16H16N4O2/c1-10-13(18-12-6-3-2-5-11(12)17-10)9-20-14(21)16(7-4-8-16)19-15(20)22/h2-3,5-6H,4,7-9H2,1H3,(H,19,22). The van der Waals surface area contributed by atoms with Crippen LogP contribution in [-0.2, 0) is 11.3 Å². The van der Waals surface area contributed by atoms with Crippen molar-refractivity contribution in [2.75, 3.05) is 0 Å². The van der Waals surface area contributed by atoms with Gasteiger partial charge in [0.2, 0.25) is 0 Å². The monoisotopic (exact) mass is 296 g/mol. The fraction of sp³-hybridized carbons (Fsp3) is 0.375. The molecule has 3 amide bonds. The molecule has 1 N–H and O–H groups in total. The van der Waals surface area contributed by atoms with E-state index in [0.29, 0.717) is 5.69 Å². The van der Waals surface area contributed by atoms with Gasteiger partial charge in [0.1, 0.15) is 5.54 Å². The molecule has 112 valence electrons. The van der Waals surface area contributed by atoms with Crippen LogP contribution in [0.4, 0.5) is 4.79 Å². The molecule has 1 saturated carbocycles. The van der Waals surface area contributed by atoms with Gasteiger partial charge in [0, 0.05) is 0 Å². The summed E-state index contributed by atoms with van der Waals surface area (Å²) in [5, 5.41) is 2.83. The zero-order chi connectivity index (χ0) is 15.3. The van der Waals surface area contributed by atoms with Crippen molar-refractivity contribution < 1.29 is 9.59 Å². The first kappa shape index (κ1) is 13.2. The topological polar surface area (TPSA) is 75.2 Å². The maximum atomic E-state index is 12.5. The Hall–Kier alpha value is -2.50. The van der Waals surface area contributed by atoms with Crippen LogP contribution in [0.2, 0.25) is 0 Å². The van der Waals surface area contributed by atoms with Gasteiger partial charge < -0.3 is 5.32 Å². The van der Waals surface area contributed by atoms with Gasteiger partial charge in [0.05, 0.1) is 29.0 Å². The third kappa shape index (κ3) is 1.80.